The van der Waals surface area contributed by atoms with Crippen LogP contribution >= 0.6 is 22.9 Å². The monoisotopic (exact) mass is 434 g/mol. The van der Waals surface area contributed by atoms with Gasteiger partial charge in [-0.1, -0.05) is 29.8 Å². The number of benzene rings is 2. The first-order valence-electron chi connectivity index (χ1n) is 8.70. The zero-order chi connectivity index (χ0) is 20.6. The molecule has 29 heavy (non-hydrogen) atoms. The van der Waals surface area contributed by atoms with E-state index in [0.717, 1.165) is 28.3 Å². The van der Waals surface area contributed by atoms with Gasteiger partial charge in [-0.15, -0.1) is 11.3 Å². The number of hydrazone groups is 1. The Hall–Kier alpha value is -2.64. The highest BCUT2D eigenvalue weighted by Crippen LogP contribution is 2.36. The van der Waals surface area contributed by atoms with Gasteiger partial charge in [-0.05, 0) is 53.4 Å². The third kappa shape index (κ3) is 4.06. The van der Waals surface area contributed by atoms with Crippen LogP contribution < -0.4 is 0 Å². The molecule has 0 aliphatic carbocycles. The molecule has 0 radical (unpaired) electrons. The van der Waals surface area contributed by atoms with Crippen molar-refractivity contribution in [1.82, 2.24) is 5.01 Å². The van der Waals surface area contributed by atoms with Crippen LogP contribution in [0.4, 0.5) is 13.2 Å². The molecule has 148 valence electrons. The molecule has 1 aliphatic rings. The molecule has 8 heteroatoms. The Morgan fingerprint density at radius 3 is 2.34 bits per heavy atom. The summed E-state index contributed by atoms with van der Waals surface area (Å²) in [5, 5.41) is 8.36. The Morgan fingerprint density at radius 1 is 1.07 bits per heavy atom. The first-order valence-corrected chi connectivity index (χ1v) is 9.96. The van der Waals surface area contributed by atoms with E-state index in [2.05, 4.69) is 5.10 Å². The lowest BCUT2D eigenvalue weighted by Gasteiger charge is -2.22. The van der Waals surface area contributed by atoms with E-state index in [1.807, 2.05) is 29.6 Å². The van der Waals surface area contributed by atoms with E-state index in [1.54, 1.807) is 12.1 Å². The maximum absolute atomic E-state index is 13.1. The molecule has 1 aromatic heterocycles. The molecule has 0 saturated carbocycles. The van der Waals surface area contributed by atoms with Gasteiger partial charge >= 0.3 is 6.18 Å². The molecule has 0 bridgehead atoms. The van der Waals surface area contributed by atoms with Crippen LogP contribution in [-0.2, 0) is 6.18 Å². The number of carbonyl (C=O) groups excluding carboxylic acids is 1. The minimum absolute atomic E-state index is 0.146. The summed E-state index contributed by atoms with van der Waals surface area (Å²) in [6.45, 7) is 0. The first kappa shape index (κ1) is 19.7. The van der Waals surface area contributed by atoms with E-state index >= 15 is 0 Å². The van der Waals surface area contributed by atoms with Crippen LogP contribution in [0.1, 0.15) is 38.8 Å². The van der Waals surface area contributed by atoms with Gasteiger partial charge in [0.1, 0.15) is 0 Å². The van der Waals surface area contributed by atoms with Crippen molar-refractivity contribution >= 4 is 34.6 Å². The highest BCUT2D eigenvalue weighted by molar-refractivity contribution is 7.12. The standard InChI is InChI=1S/C21H14ClF3N2OS/c22-16-9-5-13(6-10-16)18-12-17(19-2-1-11-29-19)26-27(18)20(28)14-3-7-15(8-4-14)21(23,24)25/h1-11,18H,12H2. The Kier molecular flexibility index (Phi) is 5.19. The van der Waals surface area contributed by atoms with E-state index in [4.69, 9.17) is 11.6 Å². The Balaban J connectivity index is 1.68. The van der Waals surface area contributed by atoms with Crippen LogP contribution in [0.25, 0.3) is 0 Å². The number of halogens is 4. The summed E-state index contributed by atoms with van der Waals surface area (Å²) in [5.74, 6) is -0.453. The number of hydrogen-bond donors (Lipinski definition) is 0. The van der Waals surface area contributed by atoms with Crippen LogP contribution in [0.5, 0.6) is 0 Å². The lowest BCUT2D eigenvalue weighted by atomic mass is 10.0. The third-order valence-electron chi connectivity index (χ3n) is 4.64. The quantitative estimate of drug-likeness (QED) is 0.468. The number of amides is 1. The molecule has 3 aromatic rings. The van der Waals surface area contributed by atoms with Crippen LogP contribution in [-0.4, -0.2) is 16.6 Å². The van der Waals surface area contributed by atoms with E-state index in [9.17, 15) is 18.0 Å². The van der Waals surface area contributed by atoms with Crippen LogP contribution in [0.15, 0.2) is 71.1 Å². The predicted octanol–water partition coefficient (Wildman–Crippen LogP) is 6.41. The first-order chi connectivity index (χ1) is 13.8. The highest BCUT2D eigenvalue weighted by Gasteiger charge is 2.35. The lowest BCUT2D eigenvalue weighted by molar-refractivity contribution is -0.137. The summed E-state index contributed by atoms with van der Waals surface area (Å²) in [6.07, 6.45) is -3.94. The van der Waals surface area contributed by atoms with Gasteiger partial charge in [0.25, 0.3) is 5.91 Å². The molecule has 0 fully saturated rings. The molecule has 1 amide bonds. The summed E-state index contributed by atoms with van der Waals surface area (Å²) in [5.41, 5.74) is 0.964. The average molecular weight is 435 g/mol. The predicted molar refractivity (Wildman–Crippen MR) is 107 cm³/mol. The molecule has 0 N–H and O–H groups in total. The number of rotatable bonds is 3. The van der Waals surface area contributed by atoms with Gasteiger partial charge in [0.2, 0.25) is 0 Å². The fourth-order valence-corrected chi connectivity index (χ4v) is 4.01. The molecular formula is C21H14ClF3N2OS. The van der Waals surface area contributed by atoms with Crippen LogP contribution in [0.3, 0.4) is 0 Å². The molecule has 2 aromatic carbocycles. The molecule has 1 aliphatic heterocycles. The van der Waals surface area contributed by atoms with Gasteiger partial charge < -0.3 is 0 Å². The molecule has 0 saturated heterocycles. The van der Waals surface area contributed by atoms with E-state index < -0.39 is 17.6 Å². The van der Waals surface area contributed by atoms with Crippen molar-refractivity contribution < 1.29 is 18.0 Å². The summed E-state index contributed by atoms with van der Waals surface area (Å²) in [6, 6.07) is 14.8. The summed E-state index contributed by atoms with van der Waals surface area (Å²) in [4.78, 5) is 14.0. The highest BCUT2D eigenvalue weighted by atomic mass is 35.5. The molecule has 4 rings (SSSR count). The second-order valence-corrected chi connectivity index (χ2v) is 7.90. The maximum Gasteiger partial charge on any atom is 0.416 e. The van der Waals surface area contributed by atoms with E-state index in [-0.39, 0.29) is 11.6 Å². The molecule has 1 unspecified atom stereocenters. The van der Waals surface area contributed by atoms with Gasteiger partial charge in [-0.3, -0.25) is 4.79 Å². The minimum Gasteiger partial charge on any atom is -0.267 e. The zero-order valence-corrected chi connectivity index (χ0v) is 16.4. The molecule has 3 nitrogen and oxygen atoms in total. The van der Waals surface area contributed by atoms with E-state index in [1.165, 1.54) is 28.5 Å². The average Bonchev–Trinajstić information content (AvgIpc) is 3.37. The van der Waals surface area contributed by atoms with Crippen LogP contribution in [0, 0.1) is 0 Å². The van der Waals surface area contributed by atoms with Crippen molar-refractivity contribution in [3.8, 4) is 0 Å². The van der Waals surface area contributed by atoms with E-state index in [0.29, 0.717) is 11.4 Å². The third-order valence-corrected chi connectivity index (χ3v) is 5.81. The van der Waals surface area contributed by atoms with Crippen LogP contribution in [0.2, 0.25) is 5.02 Å². The second-order valence-electron chi connectivity index (χ2n) is 6.52. The SMILES string of the molecule is O=C(c1ccc(C(F)(F)F)cc1)N1N=C(c2cccs2)CC1c1ccc(Cl)cc1. The topological polar surface area (TPSA) is 32.7 Å². The minimum atomic E-state index is -4.45. The fraction of sp³-hybridized carbons (Fsp3) is 0.143. The smallest absolute Gasteiger partial charge is 0.267 e. The van der Waals surface area contributed by atoms with Gasteiger partial charge in [0.15, 0.2) is 0 Å². The molecule has 1 atom stereocenters. The van der Waals surface area contributed by atoms with Crippen molar-refractivity contribution in [2.45, 2.75) is 18.6 Å². The zero-order valence-electron chi connectivity index (χ0n) is 14.9. The van der Waals surface area contributed by atoms with Gasteiger partial charge in [0.05, 0.1) is 22.2 Å². The van der Waals surface area contributed by atoms with Crippen molar-refractivity contribution in [2.24, 2.45) is 5.10 Å². The van der Waals surface area contributed by atoms with Crippen molar-refractivity contribution in [3.63, 3.8) is 0 Å². The molecular weight excluding hydrogens is 421 g/mol. The largest absolute Gasteiger partial charge is 0.416 e. The number of carbonyl (C=O) groups is 1. The maximum atomic E-state index is 13.1. The number of thiophene rings is 1. The Bertz CT molecular complexity index is 1050. The number of alkyl halides is 3. The normalized spacial score (nSPS) is 16.8. The molecule has 0 spiro atoms. The van der Waals surface area contributed by atoms with Gasteiger partial charge in [0, 0.05) is 17.0 Å². The molecule has 2 heterocycles. The summed E-state index contributed by atoms with van der Waals surface area (Å²) in [7, 11) is 0. The number of hydrogen-bond acceptors (Lipinski definition) is 3. The lowest BCUT2D eigenvalue weighted by Crippen LogP contribution is -2.27. The van der Waals surface area contributed by atoms with Crippen molar-refractivity contribution in [2.75, 3.05) is 0 Å². The second kappa shape index (κ2) is 7.65. The Morgan fingerprint density at radius 2 is 1.76 bits per heavy atom. The summed E-state index contributed by atoms with van der Waals surface area (Å²) >= 11 is 7.49. The van der Waals surface area contributed by atoms with Crippen molar-refractivity contribution in [1.29, 1.82) is 0 Å². The van der Waals surface area contributed by atoms with Gasteiger partial charge in [-0.25, -0.2) is 5.01 Å². The number of nitrogens with zero attached hydrogens (tertiary/aromatic N) is 2. The van der Waals surface area contributed by atoms with Crippen molar-refractivity contribution in [3.05, 3.63) is 92.6 Å². The van der Waals surface area contributed by atoms with Gasteiger partial charge in [-0.2, -0.15) is 18.3 Å². The fourth-order valence-electron chi connectivity index (χ4n) is 3.17. The Labute approximate surface area is 174 Å². The summed E-state index contributed by atoms with van der Waals surface area (Å²) < 4.78 is 38.5.